The molecule has 1 aliphatic rings. The minimum Gasteiger partial charge on any atom is -0.373 e. The largest absolute Gasteiger partial charge is 0.373 e. The van der Waals surface area contributed by atoms with Gasteiger partial charge >= 0.3 is 0 Å². The first kappa shape index (κ1) is 20.9. The van der Waals surface area contributed by atoms with E-state index in [2.05, 4.69) is 26.1 Å². The van der Waals surface area contributed by atoms with Crippen LogP contribution in [0.5, 0.6) is 0 Å². The minimum atomic E-state index is -3.41. The molecule has 2 rings (SSSR count). The number of hydrogen-bond donors (Lipinski definition) is 1. The van der Waals surface area contributed by atoms with Gasteiger partial charge in [-0.3, -0.25) is 4.79 Å². The van der Waals surface area contributed by atoms with E-state index in [1.165, 1.54) is 4.31 Å². The van der Waals surface area contributed by atoms with Crippen molar-refractivity contribution in [2.24, 2.45) is 0 Å². The van der Waals surface area contributed by atoms with Gasteiger partial charge in [0.2, 0.25) is 10.0 Å². The van der Waals surface area contributed by atoms with Crippen molar-refractivity contribution < 1.29 is 17.9 Å². The van der Waals surface area contributed by atoms with Gasteiger partial charge < -0.3 is 10.1 Å². The molecule has 2 atom stereocenters. The maximum atomic E-state index is 12.5. The number of amides is 1. The molecule has 2 unspecified atom stereocenters. The summed E-state index contributed by atoms with van der Waals surface area (Å²) in [4.78, 5) is 12.2. The molecule has 1 aromatic carbocycles. The van der Waals surface area contributed by atoms with E-state index in [4.69, 9.17) is 4.74 Å². The van der Waals surface area contributed by atoms with Crippen LogP contribution in [0.3, 0.4) is 0 Å². The molecule has 0 aliphatic carbocycles. The second-order valence-corrected chi connectivity index (χ2v) is 10.1. The van der Waals surface area contributed by atoms with Crippen LogP contribution < -0.4 is 5.32 Å². The zero-order valence-electron chi connectivity index (χ0n) is 16.3. The molecule has 0 radical (unpaired) electrons. The van der Waals surface area contributed by atoms with Crippen LogP contribution in [0.4, 0.5) is 0 Å². The second kappa shape index (κ2) is 8.06. The van der Waals surface area contributed by atoms with Gasteiger partial charge in [-0.25, -0.2) is 8.42 Å². The van der Waals surface area contributed by atoms with Gasteiger partial charge in [0.1, 0.15) is 0 Å². The van der Waals surface area contributed by atoms with E-state index in [1.807, 2.05) is 26.0 Å². The fourth-order valence-electron chi connectivity index (χ4n) is 3.00. The van der Waals surface area contributed by atoms with E-state index in [-0.39, 0.29) is 35.8 Å². The molecule has 0 spiro atoms. The number of carbonyl (C=O) groups is 1. The summed E-state index contributed by atoms with van der Waals surface area (Å²) >= 11 is 0. The number of sulfonamides is 1. The van der Waals surface area contributed by atoms with E-state index in [0.29, 0.717) is 18.7 Å². The maximum absolute atomic E-state index is 12.5. The molecule has 1 amide bonds. The third kappa shape index (κ3) is 5.53. The lowest BCUT2D eigenvalue weighted by molar-refractivity contribution is -0.0440. The van der Waals surface area contributed by atoms with Crippen LogP contribution in [0.15, 0.2) is 24.3 Å². The molecule has 0 aromatic heterocycles. The molecule has 0 bridgehead atoms. The number of ether oxygens (including phenoxy) is 1. The first-order chi connectivity index (χ1) is 12.0. The lowest BCUT2D eigenvalue weighted by Crippen LogP contribution is -2.49. The number of rotatable bonds is 5. The van der Waals surface area contributed by atoms with E-state index >= 15 is 0 Å². The Balaban J connectivity index is 1.89. The van der Waals surface area contributed by atoms with Gasteiger partial charge in [0.15, 0.2) is 0 Å². The average Bonchev–Trinajstić information content (AvgIpc) is 2.53. The molecule has 0 saturated carbocycles. The van der Waals surface area contributed by atoms with Crippen LogP contribution in [0.25, 0.3) is 0 Å². The van der Waals surface area contributed by atoms with Crippen molar-refractivity contribution in [1.82, 2.24) is 9.62 Å². The fraction of sp³-hybridized carbons (Fsp3) is 0.632. The summed E-state index contributed by atoms with van der Waals surface area (Å²) in [6, 6.07) is 7.41. The van der Waals surface area contributed by atoms with Gasteiger partial charge in [0, 0.05) is 25.2 Å². The summed E-state index contributed by atoms with van der Waals surface area (Å²) in [5.74, 6) is -0.373. The van der Waals surface area contributed by atoms with Crippen LogP contribution in [0.1, 0.15) is 50.5 Å². The number of benzene rings is 1. The Morgan fingerprint density at radius 1 is 1.15 bits per heavy atom. The minimum absolute atomic E-state index is 0.0233. The number of nitrogens with one attached hydrogen (secondary N) is 1. The molecule has 6 nitrogen and oxygen atoms in total. The van der Waals surface area contributed by atoms with Crippen molar-refractivity contribution in [2.75, 3.05) is 25.4 Å². The standard InChI is InChI=1S/C19H30N2O4S/c1-14-12-21(13-15(2)25-14)26(23,24)11-10-20-18(22)16-6-8-17(9-7-16)19(3,4)5/h6-9,14-15H,10-13H2,1-5H3,(H,20,22). The van der Waals surface area contributed by atoms with Gasteiger partial charge in [-0.15, -0.1) is 0 Å². The molecule has 26 heavy (non-hydrogen) atoms. The summed E-state index contributed by atoms with van der Waals surface area (Å²) in [6.07, 6.45) is -0.242. The van der Waals surface area contributed by atoms with Crippen molar-refractivity contribution in [3.63, 3.8) is 0 Å². The SMILES string of the molecule is CC1CN(S(=O)(=O)CCNC(=O)c2ccc(C(C)(C)C)cc2)CC(C)O1. The zero-order valence-corrected chi connectivity index (χ0v) is 17.1. The van der Waals surface area contributed by atoms with Crippen molar-refractivity contribution in [3.05, 3.63) is 35.4 Å². The van der Waals surface area contributed by atoms with Gasteiger partial charge in [-0.2, -0.15) is 4.31 Å². The Morgan fingerprint density at radius 3 is 2.19 bits per heavy atom. The van der Waals surface area contributed by atoms with E-state index in [9.17, 15) is 13.2 Å². The highest BCUT2D eigenvalue weighted by atomic mass is 32.2. The smallest absolute Gasteiger partial charge is 0.251 e. The van der Waals surface area contributed by atoms with E-state index < -0.39 is 10.0 Å². The first-order valence-electron chi connectivity index (χ1n) is 9.01. The summed E-state index contributed by atoms with van der Waals surface area (Å²) in [6.45, 7) is 10.9. The topological polar surface area (TPSA) is 75.7 Å². The summed E-state index contributed by atoms with van der Waals surface area (Å²) in [5, 5.41) is 2.70. The summed E-state index contributed by atoms with van der Waals surface area (Å²) in [7, 11) is -3.41. The average molecular weight is 383 g/mol. The molecule has 7 heteroatoms. The Kier molecular flexibility index (Phi) is 6.47. The van der Waals surface area contributed by atoms with Crippen LogP contribution in [0, 0.1) is 0 Å². The molecular weight excluding hydrogens is 352 g/mol. The molecule has 1 fully saturated rings. The van der Waals surface area contributed by atoms with Crippen LogP contribution in [-0.4, -0.2) is 56.2 Å². The highest BCUT2D eigenvalue weighted by Crippen LogP contribution is 2.22. The Morgan fingerprint density at radius 2 is 1.69 bits per heavy atom. The van der Waals surface area contributed by atoms with Crippen LogP contribution in [-0.2, 0) is 20.2 Å². The Hall–Kier alpha value is -1.44. The lowest BCUT2D eigenvalue weighted by Gasteiger charge is -2.34. The predicted molar refractivity (Wildman–Crippen MR) is 103 cm³/mol. The molecule has 1 aromatic rings. The van der Waals surface area contributed by atoms with Crippen molar-refractivity contribution in [1.29, 1.82) is 0 Å². The molecule has 1 heterocycles. The first-order valence-corrected chi connectivity index (χ1v) is 10.6. The summed E-state index contributed by atoms with van der Waals surface area (Å²) < 4.78 is 32.0. The van der Waals surface area contributed by atoms with Crippen molar-refractivity contribution >= 4 is 15.9 Å². The third-order valence-electron chi connectivity index (χ3n) is 4.44. The number of nitrogens with zero attached hydrogens (tertiary/aromatic N) is 1. The molecular formula is C19H30N2O4S. The Labute approximate surface area is 157 Å². The van der Waals surface area contributed by atoms with Crippen LogP contribution in [0.2, 0.25) is 0 Å². The monoisotopic (exact) mass is 382 g/mol. The highest BCUT2D eigenvalue weighted by Gasteiger charge is 2.30. The lowest BCUT2D eigenvalue weighted by atomic mass is 9.87. The maximum Gasteiger partial charge on any atom is 0.251 e. The predicted octanol–water partition coefficient (Wildman–Crippen LogP) is 2.15. The van der Waals surface area contributed by atoms with E-state index in [0.717, 1.165) is 5.56 Å². The quantitative estimate of drug-likeness (QED) is 0.847. The fourth-order valence-corrected chi connectivity index (χ4v) is 4.50. The van der Waals surface area contributed by atoms with E-state index in [1.54, 1.807) is 12.1 Å². The third-order valence-corrected chi connectivity index (χ3v) is 6.24. The second-order valence-electron chi connectivity index (χ2n) is 7.97. The normalized spacial score (nSPS) is 22.2. The van der Waals surface area contributed by atoms with Gasteiger partial charge in [0.05, 0.1) is 18.0 Å². The van der Waals surface area contributed by atoms with Crippen LogP contribution >= 0.6 is 0 Å². The van der Waals surface area contributed by atoms with Gasteiger partial charge in [-0.05, 0) is 37.0 Å². The van der Waals surface area contributed by atoms with Gasteiger partial charge in [-0.1, -0.05) is 32.9 Å². The number of morpholine rings is 1. The number of hydrogen-bond acceptors (Lipinski definition) is 4. The summed E-state index contributed by atoms with van der Waals surface area (Å²) in [5.41, 5.74) is 1.70. The molecule has 1 saturated heterocycles. The number of carbonyl (C=O) groups excluding carboxylic acids is 1. The molecule has 1 N–H and O–H groups in total. The van der Waals surface area contributed by atoms with Crippen molar-refractivity contribution in [2.45, 2.75) is 52.2 Å². The highest BCUT2D eigenvalue weighted by molar-refractivity contribution is 7.89. The van der Waals surface area contributed by atoms with Gasteiger partial charge in [0.25, 0.3) is 5.91 Å². The zero-order chi connectivity index (χ0) is 19.5. The Bertz CT molecular complexity index is 713. The van der Waals surface area contributed by atoms with Crippen molar-refractivity contribution in [3.8, 4) is 0 Å². The molecule has 146 valence electrons. The molecule has 1 aliphatic heterocycles.